The van der Waals surface area contributed by atoms with Gasteiger partial charge in [-0.15, -0.1) is 0 Å². The summed E-state index contributed by atoms with van der Waals surface area (Å²) in [6, 6.07) is 5.16. The molecule has 0 spiro atoms. The van der Waals surface area contributed by atoms with E-state index in [1.807, 2.05) is 27.7 Å². The van der Waals surface area contributed by atoms with Crippen molar-refractivity contribution in [1.29, 1.82) is 5.26 Å². The first-order valence-electron chi connectivity index (χ1n) is 18.0. The third kappa shape index (κ3) is 50.1. The summed E-state index contributed by atoms with van der Waals surface area (Å²) in [7, 11) is 0. The van der Waals surface area contributed by atoms with Gasteiger partial charge in [0.2, 0.25) is 0 Å². The maximum atomic E-state index is 7.32. The molecule has 0 unspecified atom stereocenters. The highest BCUT2D eigenvalue weighted by molar-refractivity contribution is 5.02. The van der Waals surface area contributed by atoms with Crippen molar-refractivity contribution in [1.82, 2.24) is 15.5 Å². The van der Waals surface area contributed by atoms with E-state index in [0.717, 1.165) is 0 Å². The van der Waals surface area contributed by atoms with Crippen LogP contribution in [-0.2, 0) is 0 Å². The van der Waals surface area contributed by atoms with Gasteiger partial charge in [0.1, 0.15) is 0 Å². The second-order valence-corrected chi connectivity index (χ2v) is 15.5. The first-order chi connectivity index (χ1) is 20.0. The van der Waals surface area contributed by atoms with Gasteiger partial charge in [-0.3, -0.25) is 4.90 Å². The molecule has 0 aliphatic rings. The second kappa shape index (κ2) is 34.4. The molecule has 0 bridgehead atoms. The highest BCUT2D eigenvalue weighted by atomic mass is 15.2. The maximum absolute atomic E-state index is 7.32. The lowest BCUT2D eigenvalue weighted by Gasteiger charge is -2.47. The fourth-order valence-corrected chi connectivity index (χ4v) is 3.80. The zero-order valence-electron chi connectivity index (χ0n) is 36.6. The average molecular weight is 644 g/mol. The Morgan fingerprint density at radius 3 is 0.889 bits per heavy atom. The normalized spacial score (nSPS) is 10.8. The molecular formula is C40H93N5. The molecule has 0 saturated heterocycles. The quantitative estimate of drug-likeness (QED) is 0.218. The Kier molecular flexibility index (Phi) is 45.5. The molecule has 0 saturated carbocycles. The van der Waals surface area contributed by atoms with Crippen LogP contribution in [0.2, 0.25) is 0 Å². The van der Waals surface area contributed by atoms with Gasteiger partial charge in [-0.1, -0.05) is 108 Å². The molecule has 0 amide bonds. The van der Waals surface area contributed by atoms with Crippen molar-refractivity contribution in [3.8, 4) is 6.07 Å². The number of hydrogen-bond acceptors (Lipinski definition) is 5. The lowest BCUT2D eigenvalue weighted by atomic mass is 9.86. The van der Waals surface area contributed by atoms with E-state index in [1.54, 1.807) is 6.07 Å². The van der Waals surface area contributed by atoms with Crippen molar-refractivity contribution in [2.24, 2.45) is 17.6 Å². The van der Waals surface area contributed by atoms with E-state index < -0.39 is 0 Å². The van der Waals surface area contributed by atoms with Crippen LogP contribution in [0.3, 0.4) is 0 Å². The van der Waals surface area contributed by atoms with Crippen LogP contribution < -0.4 is 16.4 Å². The van der Waals surface area contributed by atoms with Gasteiger partial charge in [0.15, 0.2) is 0 Å². The largest absolute Gasteiger partial charge is 0.328 e. The minimum absolute atomic E-state index is 0.272. The van der Waals surface area contributed by atoms with E-state index in [2.05, 4.69) is 168 Å². The maximum Gasteiger partial charge on any atom is 0.0587 e. The van der Waals surface area contributed by atoms with Crippen LogP contribution in [0.25, 0.3) is 0 Å². The predicted molar refractivity (Wildman–Crippen MR) is 213 cm³/mol. The van der Waals surface area contributed by atoms with Crippen LogP contribution in [0.5, 0.6) is 0 Å². The van der Waals surface area contributed by atoms with Crippen molar-refractivity contribution < 1.29 is 0 Å². The summed E-state index contributed by atoms with van der Waals surface area (Å²) in [6.07, 6.45) is 0. The number of nitrogens with two attached hydrogens (primary N) is 1. The number of nitriles is 1. The molecule has 0 aliphatic carbocycles. The summed E-state index contributed by atoms with van der Waals surface area (Å²) in [5.41, 5.74) is 8.53. The van der Waals surface area contributed by atoms with Gasteiger partial charge in [-0.05, 0) is 101 Å². The molecule has 0 aromatic heterocycles. The Hall–Kier alpha value is -0.930. The molecule has 0 fully saturated rings. The summed E-state index contributed by atoms with van der Waals surface area (Å²) in [5, 5.41) is 14.1. The van der Waals surface area contributed by atoms with Gasteiger partial charge in [0, 0.05) is 48.2 Å². The van der Waals surface area contributed by atoms with Gasteiger partial charge >= 0.3 is 0 Å². The summed E-state index contributed by atoms with van der Waals surface area (Å²) in [6.45, 7) is 58.2. The van der Waals surface area contributed by atoms with Crippen molar-refractivity contribution in [3.05, 3.63) is 11.1 Å². The first-order valence-corrected chi connectivity index (χ1v) is 18.0. The van der Waals surface area contributed by atoms with Crippen molar-refractivity contribution in [2.75, 3.05) is 0 Å². The van der Waals surface area contributed by atoms with E-state index >= 15 is 0 Å². The van der Waals surface area contributed by atoms with E-state index in [0.29, 0.717) is 53.6 Å². The molecule has 0 heterocycles. The topological polar surface area (TPSA) is 77.1 Å². The van der Waals surface area contributed by atoms with Gasteiger partial charge in [0.25, 0.3) is 0 Å². The Morgan fingerprint density at radius 1 is 0.600 bits per heavy atom. The molecule has 0 aromatic carbocycles. The number of hydrogen-bond donors (Lipinski definition) is 3. The molecule has 5 nitrogen and oxygen atoms in total. The summed E-state index contributed by atoms with van der Waals surface area (Å²) < 4.78 is 0. The SMILES string of the molecule is CC.CC#N.CC(C)=C(C)C.CC(C)N.CC(C)N(C(C)C)C(C)(C)C(C)C.CC(C)NC(C)(C)C(C)C.CC(C)NC(C)C. The van der Waals surface area contributed by atoms with Crippen molar-refractivity contribution in [3.63, 3.8) is 0 Å². The summed E-state index contributed by atoms with van der Waals surface area (Å²) in [5.74, 6) is 1.38. The zero-order valence-corrected chi connectivity index (χ0v) is 36.6. The number of rotatable bonds is 9. The average Bonchev–Trinajstić information content (AvgIpc) is 2.79. The molecule has 5 heteroatoms. The van der Waals surface area contributed by atoms with Crippen LogP contribution in [0.15, 0.2) is 11.1 Å². The van der Waals surface area contributed by atoms with Crippen molar-refractivity contribution in [2.45, 2.75) is 234 Å². The Bertz CT molecular complexity index is 626. The Morgan fingerprint density at radius 2 is 0.844 bits per heavy atom. The summed E-state index contributed by atoms with van der Waals surface area (Å²) in [4.78, 5) is 2.59. The predicted octanol–water partition coefficient (Wildman–Crippen LogP) is 11.6. The molecule has 0 aliphatic heterocycles. The van der Waals surface area contributed by atoms with Crippen LogP contribution in [0.1, 0.15) is 187 Å². The molecular weight excluding hydrogens is 550 g/mol. The van der Waals surface area contributed by atoms with Gasteiger partial charge < -0.3 is 16.4 Å². The molecule has 0 atom stereocenters. The van der Waals surface area contributed by atoms with Crippen LogP contribution in [-0.4, -0.2) is 52.2 Å². The minimum atomic E-state index is 0.272. The number of allylic oxidation sites excluding steroid dienone is 2. The molecule has 0 aromatic rings. The monoisotopic (exact) mass is 644 g/mol. The third-order valence-corrected chi connectivity index (χ3v) is 6.96. The van der Waals surface area contributed by atoms with Gasteiger partial charge in [-0.2, -0.15) is 5.26 Å². The number of nitrogens with zero attached hydrogens (tertiary/aromatic N) is 2. The zero-order chi connectivity index (χ0) is 38.5. The van der Waals surface area contributed by atoms with Crippen molar-refractivity contribution >= 4 is 0 Å². The van der Waals surface area contributed by atoms with E-state index in [1.165, 1.54) is 18.1 Å². The first kappa shape index (κ1) is 59.5. The fourth-order valence-electron chi connectivity index (χ4n) is 3.80. The lowest BCUT2D eigenvalue weighted by molar-refractivity contribution is 0.0181. The van der Waals surface area contributed by atoms with Crippen LogP contribution >= 0.6 is 0 Å². The standard InChI is InChI=1S/C12H27N.C9H21N.C6H15N.C6H12.C3H9N.C2H3N.C2H6/c1-9(2)12(7,8)13(10(3)4)11(5)6;1-7(2)9(5,6)10-8(3)4;1-5(2)7-6(3)4;1-5(2)6(3)4;1-3(2)4;1-2-3;1-2/h9-11H,1-8H3;7-8,10H,1-6H3;5-7H,1-4H3;1-4H3;3H,4H2,1-2H3;1H3;1-2H3. The number of nitrogens with one attached hydrogen (secondary N) is 2. The molecule has 45 heavy (non-hydrogen) atoms. The van der Waals surface area contributed by atoms with E-state index in [-0.39, 0.29) is 5.54 Å². The fraction of sp³-hybridized carbons (Fsp3) is 0.925. The van der Waals surface area contributed by atoms with Crippen LogP contribution in [0.4, 0.5) is 0 Å². The Balaban J connectivity index is -0.0000000807. The molecule has 4 N–H and O–H groups in total. The second-order valence-electron chi connectivity index (χ2n) is 15.5. The van der Waals surface area contributed by atoms with Gasteiger partial charge in [-0.25, -0.2) is 0 Å². The Labute approximate surface area is 289 Å². The molecule has 0 rings (SSSR count). The lowest BCUT2D eigenvalue weighted by Crippen LogP contribution is -2.54. The van der Waals surface area contributed by atoms with E-state index in [9.17, 15) is 0 Å². The third-order valence-electron chi connectivity index (χ3n) is 6.96. The summed E-state index contributed by atoms with van der Waals surface area (Å²) >= 11 is 0. The van der Waals surface area contributed by atoms with Gasteiger partial charge in [0.05, 0.1) is 6.07 Å². The smallest absolute Gasteiger partial charge is 0.0587 e. The molecule has 278 valence electrons. The van der Waals surface area contributed by atoms with E-state index in [4.69, 9.17) is 11.0 Å². The highest BCUT2D eigenvalue weighted by Gasteiger charge is 2.33. The minimum Gasteiger partial charge on any atom is -0.328 e. The van der Waals surface area contributed by atoms with Crippen LogP contribution in [0, 0.1) is 23.2 Å². The highest BCUT2D eigenvalue weighted by Crippen LogP contribution is 2.28. The molecule has 0 radical (unpaired) electrons.